The Morgan fingerprint density at radius 1 is 1.00 bits per heavy atom. The second-order valence-electron chi connectivity index (χ2n) is 9.13. The molecular formula is C26H38N6O6. The van der Waals surface area contributed by atoms with Gasteiger partial charge in [-0.15, -0.1) is 0 Å². The number of ketones is 1. The van der Waals surface area contributed by atoms with Crippen LogP contribution in [0.5, 0.6) is 0 Å². The molecule has 38 heavy (non-hydrogen) atoms. The standard InChI is InChI=1S/C26H38N6O6/c1-17(2)38-26(37)23(13-12-20(34)16-30-28)32-25(36)22(11-7-8-14-29-18(3)33)31-24(35)21(27)15-19-9-5-4-6-10-19/h4-6,9-10,16-17,21-23H,7-8,11-15,27H2,1-3H3,(H,29,33)(H,31,35)(H,32,36). The summed E-state index contributed by atoms with van der Waals surface area (Å²) in [6.45, 7) is 5.10. The molecule has 0 heterocycles. The molecular weight excluding hydrogens is 492 g/mol. The van der Waals surface area contributed by atoms with E-state index in [9.17, 15) is 24.0 Å². The predicted octanol–water partition coefficient (Wildman–Crippen LogP) is 0.434. The van der Waals surface area contributed by atoms with Gasteiger partial charge in [0.15, 0.2) is 0 Å². The van der Waals surface area contributed by atoms with Crippen LogP contribution in [0, 0.1) is 0 Å². The van der Waals surface area contributed by atoms with Crippen LogP contribution in [0.3, 0.4) is 0 Å². The second-order valence-corrected chi connectivity index (χ2v) is 9.13. The topological polar surface area (TPSA) is 193 Å². The smallest absolute Gasteiger partial charge is 0.328 e. The van der Waals surface area contributed by atoms with E-state index in [1.54, 1.807) is 13.8 Å². The number of unbranched alkanes of at least 4 members (excludes halogenated alkanes) is 1. The summed E-state index contributed by atoms with van der Waals surface area (Å²) < 4.78 is 5.21. The van der Waals surface area contributed by atoms with Gasteiger partial charge in [-0.25, -0.2) is 4.79 Å². The Labute approximate surface area is 222 Å². The number of nitrogens with one attached hydrogen (secondary N) is 3. The molecule has 0 aliphatic heterocycles. The largest absolute Gasteiger partial charge is 0.461 e. The van der Waals surface area contributed by atoms with Crippen LogP contribution >= 0.6 is 0 Å². The monoisotopic (exact) mass is 530 g/mol. The van der Waals surface area contributed by atoms with Gasteiger partial charge in [-0.05, 0) is 51.5 Å². The van der Waals surface area contributed by atoms with E-state index in [2.05, 4.69) is 20.7 Å². The highest BCUT2D eigenvalue weighted by Crippen LogP contribution is 2.08. The highest BCUT2D eigenvalue weighted by molar-refractivity contribution is 6.25. The van der Waals surface area contributed by atoms with Crippen molar-refractivity contribution < 1.29 is 33.5 Å². The van der Waals surface area contributed by atoms with E-state index < -0.39 is 47.8 Å². The third kappa shape index (κ3) is 13.4. The van der Waals surface area contributed by atoms with Crippen molar-refractivity contribution in [3.63, 3.8) is 0 Å². The molecule has 0 saturated carbocycles. The molecule has 1 rings (SSSR count). The lowest BCUT2D eigenvalue weighted by Gasteiger charge is -2.24. The number of nitrogens with two attached hydrogens (primary N) is 1. The number of rotatable bonds is 17. The average molecular weight is 531 g/mol. The fourth-order valence-corrected chi connectivity index (χ4v) is 3.50. The number of carbonyl (C=O) groups excluding carboxylic acids is 5. The molecule has 12 heteroatoms. The van der Waals surface area contributed by atoms with Crippen LogP contribution in [0.2, 0.25) is 0 Å². The first-order chi connectivity index (χ1) is 18.0. The van der Waals surface area contributed by atoms with Crippen LogP contribution in [0.25, 0.3) is 5.53 Å². The van der Waals surface area contributed by atoms with Crippen molar-refractivity contribution in [3.8, 4) is 0 Å². The molecule has 5 N–H and O–H groups in total. The molecule has 3 unspecified atom stereocenters. The second kappa shape index (κ2) is 17.5. The van der Waals surface area contributed by atoms with Gasteiger partial charge in [-0.2, -0.15) is 4.79 Å². The molecule has 0 bridgehead atoms. The molecule has 0 saturated heterocycles. The number of esters is 1. The first-order valence-electron chi connectivity index (χ1n) is 12.6. The lowest BCUT2D eigenvalue weighted by molar-refractivity contribution is -0.152. The maximum Gasteiger partial charge on any atom is 0.328 e. The van der Waals surface area contributed by atoms with Crippen molar-refractivity contribution in [3.05, 3.63) is 41.4 Å². The maximum atomic E-state index is 13.2. The molecule has 0 fully saturated rings. The number of carbonyl (C=O) groups is 5. The van der Waals surface area contributed by atoms with Gasteiger partial charge in [0.05, 0.1) is 12.1 Å². The zero-order valence-electron chi connectivity index (χ0n) is 22.1. The summed E-state index contributed by atoms with van der Waals surface area (Å²) in [7, 11) is 0. The Morgan fingerprint density at radius 3 is 2.26 bits per heavy atom. The van der Waals surface area contributed by atoms with Crippen LogP contribution in [-0.2, 0) is 35.1 Å². The molecule has 1 aromatic carbocycles. The number of hydrogen-bond acceptors (Lipinski definition) is 7. The van der Waals surface area contributed by atoms with Gasteiger partial charge in [0, 0.05) is 19.9 Å². The van der Waals surface area contributed by atoms with E-state index in [-0.39, 0.29) is 31.6 Å². The zero-order valence-corrected chi connectivity index (χ0v) is 22.1. The van der Waals surface area contributed by atoms with Crippen molar-refractivity contribution in [2.24, 2.45) is 5.73 Å². The van der Waals surface area contributed by atoms with Crippen LogP contribution in [-0.4, -0.2) is 71.3 Å². The third-order valence-corrected chi connectivity index (χ3v) is 5.40. The minimum absolute atomic E-state index is 0.0983. The van der Waals surface area contributed by atoms with Crippen molar-refractivity contribution in [2.75, 3.05) is 6.54 Å². The van der Waals surface area contributed by atoms with Crippen molar-refractivity contribution in [1.29, 1.82) is 0 Å². The van der Waals surface area contributed by atoms with Crippen molar-refractivity contribution in [2.45, 2.75) is 83.5 Å². The molecule has 3 amide bonds. The molecule has 0 spiro atoms. The average Bonchev–Trinajstić information content (AvgIpc) is 2.85. The molecule has 1 aromatic rings. The lowest BCUT2D eigenvalue weighted by Crippen LogP contribution is -2.55. The van der Waals surface area contributed by atoms with Crippen LogP contribution in [0.15, 0.2) is 30.3 Å². The van der Waals surface area contributed by atoms with Gasteiger partial charge in [0.1, 0.15) is 12.1 Å². The Kier molecular flexibility index (Phi) is 14.8. The van der Waals surface area contributed by atoms with E-state index in [0.717, 1.165) is 5.56 Å². The van der Waals surface area contributed by atoms with Crippen LogP contribution in [0.1, 0.15) is 58.4 Å². The Bertz CT molecular complexity index is 993. The predicted molar refractivity (Wildman–Crippen MR) is 140 cm³/mol. The summed E-state index contributed by atoms with van der Waals surface area (Å²) in [6.07, 6.45) is 1.49. The van der Waals surface area contributed by atoms with E-state index >= 15 is 0 Å². The van der Waals surface area contributed by atoms with Gasteiger partial charge < -0.3 is 32.0 Å². The van der Waals surface area contributed by atoms with Crippen molar-refractivity contribution >= 4 is 35.7 Å². The summed E-state index contributed by atoms with van der Waals surface area (Å²) in [5.41, 5.74) is 15.5. The first-order valence-corrected chi connectivity index (χ1v) is 12.6. The van der Waals surface area contributed by atoms with E-state index in [4.69, 9.17) is 16.0 Å². The zero-order chi connectivity index (χ0) is 28.5. The highest BCUT2D eigenvalue weighted by atomic mass is 16.5. The SMILES string of the molecule is CC(=O)NCCCCC(NC(=O)C(N)Cc1ccccc1)C(=O)NC(CCC(=O)C=[N+]=[N-])C(=O)OC(C)C. The number of ether oxygens (including phenoxy) is 1. The maximum absolute atomic E-state index is 13.2. The minimum Gasteiger partial charge on any atom is -0.461 e. The van der Waals surface area contributed by atoms with Crippen molar-refractivity contribution in [1.82, 2.24) is 16.0 Å². The number of Topliss-reactive ketones (excluding diaryl/α,β-unsaturated/α-hetero) is 1. The van der Waals surface area contributed by atoms with E-state index in [0.29, 0.717) is 25.6 Å². The molecule has 0 aromatic heterocycles. The summed E-state index contributed by atoms with van der Waals surface area (Å²) >= 11 is 0. The molecule has 0 aliphatic carbocycles. The summed E-state index contributed by atoms with van der Waals surface area (Å²) in [4.78, 5) is 64.2. The Hall–Kier alpha value is -3.89. The quantitative estimate of drug-likeness (QED) is 0.0737. The molecule has 0 radical (unpaired) electrons. The summed E-state index contributed by atoms with van der Waals surface area (Å²) in [6, 6.07) is 6.09. The fraction of sp³-hybridized carbons (Fsp3) is 0.538. The molecule has 208 valence electrons. The number of nitrogens with zero attached hydrogens (tertiary/aromatic N) is 2. The third-order valence-electron chi connectivity index (χ3n) is 5.40. The minimum atomic E-state index is -1.17. The van der Waals surface area contributed by atoms with Crippen LogP contribution < -0.4 is 21.7 Å². The Balaban J connectivity index is 2.96. The van der Waals surface area contributed by atoms with Gasteiger partial charge in [-0.3, -0.25) is 19.2 Å². The van der Waals surface area contributed by atoms with Gasteiger partial charge in [0.25, 0.3) is 0 Å². The number of hydrogen-bond donors (Lipinski definition) is 4. The molecule has 3 atom stereocenters. The summed E-state index contributed by atoms with van der Waals surface area (Å²) in [5, 5.41) is 7.91. The molecule has 0 aliphatic rings. The van der Waals surface area contributed by atoms with Crippen LogP contribution in [0.4, 0.5) is 0 Å². The number of amides is 3. The van der Waals surface area contributed by atoms with Gasteiger partial charge >= 0.3 is 12.2 Å². The fourth-order valence-electron chi connectivity index (χ4n) is 3.50. The van der Waals surface area contributed by atoms with Gasteiger partial charge in [-0.1, -0.05) is 30.3 Å². The highest BCUT2D eigenvalue weighted by Gasteiger charge is 2.29. The van der Waals surface area contributed by atoms with E-state index in [1.807, 2.05) is 30.3 Å². The lowest BCUT2D eigenvalue weighted by atomic mass is 10.0. The first kappa shape index (κ1) is 32.1. The van der Waals surface area contributed by atoms with E-state index in [1.165, 1.54) is 6.92 Å². The summed E-state index contributed by atoms with van der Waals surface area (Å²) in [5.74, 6) is -2.63. The Morgan fingerprint density at radius 2 is 1.66 bits per heavy atom. The van der Waals surface area contributed by atoms with Gasteiger partial charge in [0.2, 0.25) is 23.5 Å². The number of benzene rings is 1. The molecule has 12 nitrogen and oxygen atoms in total. The normalized spacial score (nSPS) is 12.9.